The molecule has 0 bridgehead atoms. The highest BCUT2D eigenvalue weighted by molar-refractivity contribution is 7.86. The Labute approximate surface area is 214 Å². The van der Waals surface area contributed by atoms with E-state index in [1.807, 2.05) is 23.1 Å². The first-order chi connectivity index (χ1) is 17.4. The summed E-state index contributed by atoms with van der Waals surface area (Å²) < 4.78 is 28.7. The SMILES string of the molecule is CC(=O)N1CCN(c2cnc3ccc(-c4cnc(Cl)c(NS(=O)c5ccc(F)cc5)c4)cc3n2)CC1. The van der Waals surface area contributed by atoms with E-state index in [4.69, 9.17) is 16.6 Å². The van der Waals surface area contributed by atoms with Gasteiger partial charge >= 0.3 is 0 Å². The number of carbonyl (C=O) groups is 1. The van der Waals surface area contributed by atoms with Gasteiger partial charge in [0.1, 0.15) is 22.6 Å². The highest BCUT2D eigenvalue weighted by Crippen LogP contribution is 2.30. The van der Waals surface area contributed by atoms with Gasteiger partial charge in [0.25, 0.3) is 0 Å². The molecule has 184 valence electrons. The second kappa shape index (κ2) is 10.2. The number of hydrogen-bond donors (Lipinski definition) is 1. The van der Waals surface area contributed by atoms with E-state index in [-0.39, 0.29) is 11.1 Å². The molecule has 1 N–H and O–H groups in total. The number of anilines is 2. The molecule has 8 nitrogen and oxygen atoms in total. The molecule has 0 radical (unpaired) electrons. The van der Waals surface area contributed by atoms with E-state index in [2.05, 4.69) is 19.6 Å². The van der Waals surface area contributed by atoms with Crippen LogP contribution in [0.5, 0.6) is 0 Å². The van der Waals surface area contributed by atoms with Crippen LogP contribution in [-0.2, 0) is 15.8 Å². The molecular formula is C25H22ClFN6O2S. The van der Waals surface area contributed by atoms with E-state index in [0.29, 0.717) is 36.8 Å². The van der Waals surface area contributed by atoms with Gasteiger partial charge in [-0.1, -0.05) is 17.7 Å². The summed E-state index contributed by atoms with van der Waals surface area (Å²) in [5, 5.41) is 0.168. The summed E-state index contributed by atoms with van der Waals surface area (Å²) in [6.45, 7) is 4.28. The van der Waals surface area contributed by atoms with Crippen molar-refractivity contribution in [1.82, 2.24) is 19.9 Å². The second-order valence-electron chi connectivity index (χ2n) is 8.31. The number of fused-ring (bicyclic) bond motifs is 1. The van der Waals surface area contributed by atoms with Crippen LogP contribution >= 0.6 is 11.6 Å². The van der Waals surface area contributed by atoms with Crippen LogP contribution in [0.25, 0.3) is 22.2 Å². The van der Waals surface area contributed by atoms with Gasteiger partial charge < -0.3 is 9.80 Å². The lowest BCUT2D eigenvalue weighted by molar-refractivity contribution is -0.129. The molecule has 1 aliphatic heterocycles. The number of piperazine rings is 1. The van der Waals surface area contributed by atoms with Gasteiger partial charge in [0.15, 0.2) is 5.15 Å². The fourth-order valence-corrected chi connectivity index (χ4v) is 5.04. The van der Waals surface area contributed by atoms with Crippen molar-refractivity contribution < 1.29 is 13.4 Å². The van der Waals surface area contributed by atoms with Crippen molar-refractivity contribution >= 4 is 51.0 Å². The zero-order valence-electron chi connectivity index (χ0n) is 19.3. The van der Waals surface area contributed by atoms with Gasteiger partial charge in [-0.25, -0.2) is 18.6 Å². The molecule has 1 aliphatic rings. The monoisotopic (exact) mass is 524 g/mol. The van der Waals surface area contributed by atoms with Gasteiger partial charge in [0.05, 0.1) is 27.8 Å². The van der Waals surface area contributed by atoms with Gasteiger partial charge in [-0.05, 0) is 48.0 Å². The van der Waals surface area contributed by atoms with Crippen molar-refractivity contribution in [3.8, 4) is 11.1 Å². The Kier molecular flexibility index (Phi) is 6.80. The first kappa shape index (κ1) is 24.1. The Morgan fingerprint density at radius 3 is 2.44 bits per heavy atom. The average Bonchev–Trinajstić information content (AvgIpc) is 2.89. The smallest absolute Gasteiger partial charge is 0.219 e. The van der Waals surface area contributed by atoms with Gasteiger partial charge in [-0.3, -0.25) is 14.5 Å². The standard InChI is InChI=1S/C25H22ClFN6O2S/c1-16(34)32-8-10-33(11-9-32)24-15-28-21-7-2-17(12-22(21)30-24)18-13-23(25(26)29-14-18)31-36(35)20-5-3-19(27)4-6-20/h2-7,12-15,31H,8-11H2,1H3. The number of pyridine rings is 1. The van der Waals surface area contributed by atoms with Crippen molar-refractivity contribution in [2.75, 3.05) is 35.8 Å². The molecule has 2 aromatic carbocycles. The van der Waals surface area contributed by atoms with Crippen molar-refractivity contribution in [1.29, 1.82) is 0 Å². The maximum absolute atomic E-state index is 13.2. The predicted octanol–water partition coefficient (Wildman–Crippen LogP) is 4.29. The lowest BCUT2D eigenvalue weighted by atomic mass is 10.1. The molecule has 5 rings (SSSR count). The summed E-state index contributed by atoms with van der Waals surface area (Å²) in [6, 6.07) is 12.9. The first-order valence-electron chi connectivity index (χ1n) is 11.2. The van der Waals surface area contributed by atoms with Crippen LogP contribution in [0, 0.1) is 5.82 Å². The zero-order valence-corrected chi connectivity index (χ0v) is 20.9. The molecule has 1 unspecified atom stereocenters. The summed E-state index contributed by atoms with van der Waals surface area (Å²) >= 11 is 6.25. The fourth-order valence-electron chi connectivity index (χ4n) is 3.98. The van der Waals surface area contributed by atoms with E-state index < -0.39 is 16.8 Å². The topological polar surface area (TPSA) is 91.3 Å². The van der Waals surface area contributed by atoms with Crippen molar-refractivity contribution in [3.05, 3.63) is 71.9 Å². The number of carbonyl (C=O) groups excluding carboxylic acids is 1. The van der Waals surface area contributed by atoms with Gasteiger partial charge in [-0.15, -0.1) is 0 Å². The molecule has 3 heterocycles. The van der Waals surface area contributed by atoms with Crippen LogP contribution in [0.3, 0.4) is 0 Å². The molecule has 4 aromatic rings. The van der Waals surface area contributed by atoms with E-state index in [9.17, 15) is 13.4 Å². The molecule has 0 saturated carbocycles. The van der Waals surface area contributed by atoms with Crippen molar-refractivity contribution in [2.45, 2.75) is 11.8 Å². The quantitative estimate of drug-likeness (QED) is 0.392. The number of nitrogens with zero attached hydrogens (tertiary/aromatic N) is 5. The van der Waals surface area contributed by atoms with Crippen LogP contribution < -0.4 is 9.62 Å². The number of halogens is 2. The third-order valence-electron chi connectivity index (χ3n) is 5.98. The highest BCUT2D eigenvalue weighted by Gasteiger charge is 2.20. The number of rotatable bonds is 5. The minimum absolute atomic E-state index is 0.0795. The molecule has 2 aromatic heterocycles. The summed E-state index contributed by atoms with van der Waals surface area (Å²) in [6.07, 6.45) is 3.38. The molecule has 0 spiro atoms. The molecule has 11 heteroatoms. The number of hydrogen-bond acceptors (Lipinski definition) is 6. The third kappa shape index (κ3) is 5.14. The van der Waals surface area contributed by atoms with Crippen molar-refractivity contribution in [2.24, 2.45) is 0 Å². The number of nitrogens with one attached hydrogen (secondary N) is 1. The van der Waals surface area contributed by atoms with Crippen LogP contribution in [0.2, 0.25) is 5.15 Å². The number of amides is 1. The van der Waals surface area contributed by atoms with Gasteiger partial charge in [0.2, 0.25) is 5.91 Å². The zero-order chi connectivity index (χ0) is 25.2. The fraction of sp³-hybridized carbons (Fsp3) is 0.200. The maximum Gasteiger partial charge on any atom is 0.219 e. The van der Waals surface area contributed by atoms with Crippen LogP contribution in [0.1, 0.15) is 6.92 Å². The van der Waals surface area contributed by atoms with Gasteiger partial charge in [0, 0.05) is 44.9 Å². The number of benzene rings is 2. The lowest BCUT2D eigenvalue weighted by Crippen LogP contribution is -2.48. The van der Waals surface area contributed by atoms with E-state index >= 15 is 0 Å². The van der Waals surface area contributed by atoms with Crippen molar-refractivity contribution in [3.63, 3.8) is 0 Å². The molecular weight excluding hydrogens is 503 g/mol. The molecule has 36 heavy (non-hydrogen) atoms. The molecule has 1 saturated heterocycles. The Morgan fingerprint density at radius 2 is 1.72 bits per heavy atom. The predicted molar refractivity (Wildman–Crippen MR) is 139 cm³/mol. The van der Waals surface area contributed by atoms with E-state index in [0.717, 1.165) is 28.0 Å². The highest BCUT2D eigenvalue weighted by atomic mass is 35.5. The second-order valence-corrected chi connectivity index (χ2v) is 9.88. The molecule has 1 amide bonds. The first-order valence-corrected chi connectivity index (χ1v) is 12.8. The Morgan fingerprint density at radius 1 is 0.972 bits per heavy atom. The van der Waals surface area contributed by atoms with Crippen LogP contribution in [-0.4, -0.2) is 56.1 Å². The van der Waals surface area contributed by atoms with E-state index in [1.54, 1.807) is 25.4 Å². The summed E-state index contributed by atoms with van der Waals surface area (Å²) in [7, 11) is -1.65. The Hall–Kier alpha value is -3.63. The molecule has 1 atom stereocenters. The van der Waals surface area contributed by atoms with Crippen LogP contribution in [0.4, 0.5) is 15.9 Å². The largest absolute Gasteiger partial charge is 0.352 e. The number of aromatic nitrogens is 3. The molecule has 1 fully saturated rings. The van der Waals surface area contributed by atoms with Crippen LogP contribution in [0.15, 0.2) is 65.8 Å². The third-order valence-corrected chi connectivity index (χ3v) is 7.39. The lowest BCUT2D eigenvalue weighted by Gasteiger charge is -2.34. The summed E-state index contributed by atoms with van der Waals surface area (Å²) in [4.78, 5) is 29.6. The maximum atomic E-state index is 13.2. The molecule has 0 aliphatic carbocycles. The normalized spacial score (nSPS) is 14.6. The summed E-state index contributed by atoms with van der Waals surface area (Å²) in [5.41, 5.74) is 3.46. The average molecular weight is 525 g/mol. The Bertz CT molecular complexity index is 1460. The summed E-state index contributed by atoms with van der Waals surface area (Å²) in [5.74, 6) is 0.434. The minimum Gasteiger partial charge on any atom is -0.352 e. The van der Waals surface area contributed by atoms with E-state index in [1.165, 1.54) is 24.3 Å². The Balaban J connectivity index is 1.39. The minimum atomic E-state index is -1.65. The van der Waals surface area contributed by atoms with Gasteiger partial charge in [-0.2, -0.15) is 0 Å².